The number of hydrogen-bond donors (Lipinski definition) is 0. The highest BCUT2D eigenvalue weighted by atomic mass is 16.5. The Balaban J connectivity index is 2.04. The zero-order chi connectivity index (χ0) is 16.2. The van der Waals surface area contributed by atoms with Gasteiger partial charge in [0.2, 0.25) is 11.6 Å². The monoisotopic (exact) mass is 313 g/mol. The molecule has 7 heteroatoms. The van der Waals surface area contributed by atoms with Gasteiger partial charge in [-0.05, 0) is 24.3 Å². The SMILES string of the molecule is COc1cc(-c2noc(-c3ccccn3)n2)cc(OC)c1OC. The quantitative estimate of drug-likeness (QED) is 0.716. The Morgan fingerprint density at radius 2 is 1.70 bits per heavy atom. The van der Waals surface area contributed by atoms with Crippen LogP contribution in [0.3, 0.4) is 0 Å². The summed E-state index contributed by atoms with van der Waals surface area (Å²) in [6, 6.07) is 8.99. The number of rotatable bonds is 5. The van der Waals surface area contributed by atoms with Crippen LogP contribution in [0.5, 0.6) is 17.2 Å². The van der Waals surface area contributed by atoms with E-state index in [0.717, 1.165) is 0 Å². The maximum absolute atomic E-state index is 5.33. The predicted molar refractivity (Wildman–Crippen MR) is 82.6 cm³/mol. The van der Waals surface area contributed by atoms with E-state index in [9.17, 15) is 0 Å². The van der Waals surface area contributed by atoms with Crippen molar-refractivity contribution >= 4 is 0 Å². The molecule has 0 aliphatic rings. The summed E-state index contributed by atoms with van der Waals surface area (Å²) in [5, 5.41) is 3.99. The minimum atomic E-state index is 0.342. The summed E-state index contributed by atoms with van der Waals surface area (Å²) < 4.78 is 21.2. The third kappa shape index (κ3) is 2.80. The average Bonchev–Trinajstić information content (AvgIpc) is 3.11. The van der Waals surface area contributed by atoms with Crippen molar-refractivity contribution < 1.29 is 18.7 Å². The lowest BCUT2D eigenvalue weighted by Crippen LogP contribution is -1.96. The Morgan fingerprint density at radius 3 is 2.26 bits per heavy atom. The zero-order valence-electron chi connectivity index (χ0n) is 12.9. The van der Waals surface area contributed by atoms with Crippen LogP contribution in [0, 0.1) is 0 Å². The van der Waals surface area contributed by atoms with E-state index < -0.39 is 0 Å². The van der Waals surface area contributed by atoms with Crippen molar-refractivity contribution in [3.63, 3.8) is 0 Å². The lowest BCUT2D eigenvalue weighted by atomic mass is 10.1. The molecule has 0 amide bonds. The van der Waals surface area contributed by atoms with Crippen molar-refractivity contribution in [3.05, 3.63) is 36.5 Å². The normalized spacial score (nSPS) is 10.4. The first-order valence-electron chi connectivity index (χ1n) is 6.82. The Morgan fingerprint density at radius 1 is 0.957 bits per heavy atom. The van der Waals surface area contributed by atoms with E-state index in [4.69, 9.17) is 18.7 Å². The molecular formula is C16H15N3O4. The topological polar surface area (TPSA) is 79.5 Å². The van der Waals surface area contributed by atoms with E-state index in [2.05, 4.69) is 15.1 Å². The van der Waals surface area contributed by atoms with Crippen LogP contribution in [-0.4, -0.2) is 36.5 Å². The molecule has 23 heavy (non-hydrogen) atoms. The van der Waals surface area contributed by atoms with Gasteiger partial charge in [-0.15, -0.1) is 0 Å². The minimum absolute atomic E-state index is 0.342. The molecule has 0 radical (unpaired) electrons. The van der Waals surface area contributed by atoms with Crippen LogP contribution < -0.4 is 14.2 Å². The first-order chi connectivity index (χ1) is 11.3. The molecule has 7 nitrogen and oxygen atoms in total. The molecule has 0 saturated carbocycles. The van der Waals surface area contributed by atoms with Gasteiger partial charge in [-0.2, -0.15) is 4.98 Å². The van der Waals surface area contributed by atoms with Gasteiger partial charge in [0.05, 0.1) is 21.3 Å². The summed E-state index contributed by atoms with van der Waals surface area (Å²) in [5.41, 5.74) is 1.30. The summed E-state index contributed by atoms with van der Waals surface area (Å²) in [6.45, 7) is 0. The molecule has 0 aliphatic carbocycles. The lowest BCUT2D eigenvalue weighted by molar-refractivity contribution is 0.324. The molecule has 118 valence electrons. The fourth-order valence-electron chi connectivity index (χ4n) is 2.14. The number of ether oxygens (including phenoxy) is 3. The molecule has 0 fully saturated rings. The number of methoxy groups -OCH3 is 3. The Labute approximate surface area is 132 Å². The Bertz CT molecular complexity index is 777. The molecule has 3 rings (SSSR count). The van der Waals surface area contributed by atoms with E-state index in [0.29, 0.717) is 40.2 Å². The first kappa shape index (κ1) is 14.8. The molecule has 1 aromatic carbocycles. The summed E-state index contributed by atoms with van der Waals surface area (Å²) in [7, 11) is 4.65. The van der Waals surface area contributed by atoms with Crippen LogP contribution >= 0.6 is 0 Å². The maximum Gasteiger partial charge on any atom is 0.276 e. The number of benzene rings is 1. The molecule has 0 N–H and O–H groups in total. The largest absolute Gasteiger partial charge is 0.493 e. The van der Waals surface area contributed by atoms with Crippen LogP contribution in [-0.2, 0) is 0 Å². The highest BCUT2D eigenvalue weighted by Crippen LogP contribution is 2.40. The predicted octanol–water partition coefficient (Wildman–Crippen LogP) is 2.82. The smallest absolute Gasteiger partial charge is 0.276 e. The lowest BCUT2D eigenvalue weighted by Gasteiger charge is -2.12. The molecule has 0 bridgehead atoms. The van der Waals surface area contributed by atoms with Gasteiger partial charge in [-0.3, -0.25) is 4.98 Å². The van der Waals surface area contributed by atoms with Gasteiger partial charge in [0, 0.05) is 11.8 Å². The molecule has 0 spiro atoms. The van der Waals surface area contributed by atoms with Crippen molar-refractivity contribution in [1.29, 1.82) is 0 Å². The molecule has 2 heterocycles. The van der Waals surface area contributed by atoms with Gasteiger partial charge >= 0.3 is 0 Å². The maximum atomic E-state index is 5.33. The van der Waals surface area contributed by atoms with Gasteiger partial charge in [-0.1, -0.05) is 11.2 Å². The van der Waals surface area contributed by atoms with Gasteiger partial charge in [-0.25, -0.2) is 0 Å². The average molecular weight is 313 g/mol. The Kier molecular flexibility index (Phi) is 4.09. The summed E-state index contributed by atoms with van der Waals surface area (Å²) in [6.07, 6.45) is 1.67. The van der Waals surface area contributed by atoms with Crippen molar-refractivity contribution in [2.75, 3.05) is 21.3 Å². The number of nitrogens with zero attached hydrogens (tertiary/aromatic N) is 3. The summed E-state index contributed by atoms with van der Waals surface area (Å²) in [5.74, 6) is 2.29. The summed E-state index contributed by atoms with van der Waals surface area (Å²) in [4.78, 5) is 8.55. The van der Waals surface area contributed by atoms with E-state index >= 15 is 0 Å². The second-order valence-corrected chi connectivity index (χ2v) is 4.55. The highest BCUT2D eigenvalue weighted by molar-refractivity contribution is 5.67. The summed E-state index contributed by atoms with van der Waals surface area (Å²) >= 11 is 0. The number of aromatic nitrogens is 3. The third-order valence-corrected chi connectivity index (χ3v) is 3.23. The minimum Gasteiger partial charge on any atom is -0.493 e. The zero-order valence-corrected chi connectivity index (χ0v) is 12.9. The van der Waals surface area contributed by atoms with Crippen molar-refractivity contribution in [1.82, 2.24) is 15.1 Å². The standard InChI is InChI=1S/C16H15N3O4/c1-20-12-8-10(9-13(21-2)14(12)22-3)15-18-16(23-19-15)11-6-4-5-7-17-11/h4-9H,1-3H3. The van der Waals surface area contributed by atoms with Crippen LogP contribution in [0.15, 0.2) is 41.1 Å². The molecule has 0 unspecified atom stereocenters. The fourth-order valence-corrected chi connectivity index (χ4v) is 2.14. The highest BCUT2D eigenvalue weighted by Gasteiger charge is 2.18. The molecule has 3 aromatic rings. The van der Waals surface area contributed by atoms with Gasteiger partial charge in [0.1, 0.15) is 5.69 Å². The van der Waals surface area contributed by atoms with Crippen molar-refractivity contribution in [2.24, 2.45) is 0 Å². The number of pyridine rings is 1. The molecule has 0 saturated heterocycles. The fraction of sp³-hybridized carbons (Fsp3) is 0.188. The molecule has 2 aromatic heterocycles. The second kappa shape index (κ2) is 6.35. The van der Waals surface area contributed by atoms with E-state index in [1.165, 1.54) is 0 Å². The van der Waals surface area contributed by atoms with Crippen LogP contribution in [0.4, 0.5) is 0 Å². The van der Waals surface area contributed by atoms with Gasteiger partial charge < -0.3 is 18.7 Å². The third-order valence-electron chi connectivity index (χ3n) is 3.23. The van der Waals surface area contributed by atoms with E-state index in [1.807, 2.05) is 12.1 Å². The second-order valence-electron chi connectivity index (χ2n) is 4.55. The van der Waals surface area contributed by atoms with Crippen LogP contribution in [0.2, 0.25) is 0 Å². The Hall–Kier alpha value is -3.09. The van der Waals surface area contributed by atoms with E-state index in [1.54, 1.807) is 45.7 Å². The van der Waals surface area contributed by atoms with Gasteiger partial charge in [0.15, 0.2) is 11.5 Å². The molecular weight excluding hydrogens is 298 g/mol. The van der Waals surface area contributed by atoms with E-state index in [-0.39, 0.29) is 0 Å². The first-order valence-corrected chi connectivity index (χ1v) is 6.82. The van der Waals surface area contributed by atoms with Crippen LogP contribution in [0.25, 0.3) is 23.0 Å². The van der Waals surface area contributed by atoms with Crippen molar-refractivity contribution in [2.45, 2.75) is 0 Å². The molecule has 0 aliphatic heterocycles. The van der Waals surface area contributed by atoms with Crippen LogP contribution in [0.1, 0.15) is 0 Å². The molecule has 0 atom stereocenters. The number of hydrogen-bond acceptors (Lipinski definition) is 7. The van der Waals surface area contributed by atoms with Crippen molar-refractivity contribution in [3.8, 4) is 40.2 Å². The van der Waals surface area contributed by atoms with Gasteiger partial charge in [0.25, 0.3) is 5.89 Å².